The van der Waals surface area contributed by atoms with Crippen LogP contribution in [0.3, 0.4) is 0 Å². The number of ether oxygens (including phenoxy) is 4. The van der Waals surface area contributed by atoms with Gasteiger partial charge in [0.2, 0.25) is 0 Å². The molecule has 0 radical (unpaired) electrons. The molecule has 0 saturated heterocycles. The largest absolute Gasteiger partial charge is 0.481 e. The summed E-state index contributed by atoms with van der Waals surface area (Å²) in [6.07, 6.45) is 96.4. The Kier molecular flexibility index (Phi) is 139. The van der Waals surface area contributed by atoms with Crippen molar-refractivity contribution in [1.82, 2.24) is 10.2 Å². The number of nitrogens with zero attached hydrogens (tertiary/aromatic N) is 1. The maximum atomic E-state index is 12.7. The van der Waals surface area contributed by atoms with E-state index in [1.807, 2.05) is 0 Å². The first-order valence-electron chi connectivity index (χ1n) is 57.4. The van der Waals surface area contributed by atoms with Crippen molar-refractivity contribution in [2.75, 3.05) is 76.4 Å². The summed E-state index contributed by atoms with van der Waals surface area (Å²) in [5, 5.41) is 41.0. The normalized spacial score (nSPS) is 11.7. The number of aliphatic carboxylic acids is 1. The molecule has 0 spiro atoms. The van der Waals surface area contributed by atoms with Gasteiger partial charge in [-0.05, 0) is 191 Å². The van der Waals surface area contributed by atoms with Gasteiger partial charge < -0.3 is 49.6 Å². The molecule has 0 rings (SSSR count). The molecule has 0 aromatic heterocycles. The first-order valence-corrected chi connectivity index (χ1v) is 59.6. The molecule has 0 aromatic carbocycles. The Balaban J connectivity index is -0.000000334. The summed E-state index contributed by atoms with van der Waals surface area (Å²) in [5.41, 5.74) is 0. The lowest BCUT2D eigenvalue weighted by Crippen LogP contribution is -2.29. The zero-order chi connectivity index (χ0) is 97.4. The maximum Gasteiger partial charge on any atom is 0.306 e. The summed E-state index contributed by atoms with van der Waals surface area (Å²) in [5.74, 6) is 1.03. The van der Waals surface area contributed by atoms with E-state index in [-0.39, 0.29) is 64.2 Å². The fraction of sp³-hybridized carbons (Fsp3) is 0.957. The van der Waals surface area contributed by atoms with Crippen LogP contribution in [0.1, 0.15) is 611 Å². The minimum atomic E-state index is -0.675. The number of nitrogens with one attached hydrogen (secondary N) is 1. The molecule has 0 fully saturated rings. The summed E-state index contributed by atoms with van der Waals surface area (Å²) in [4.78, 5) is 61.7. The highest BCUT2D eigenvalue weighted by Gasteiger charge is 2.19. The third-order valence-corrected chi connectivity index (χ3v) is 26.9. The van der Waals surface area contributed by atoms with Gasteiger partial charge in [0.05, 0.1) is 26.4 Å². The Labute approximate surface area is 846 Å². The first-order chi connectivity index (χ1) is 64.1. The van der Waals surface area contributed by atoms with Crippen molar-refractivity contribution < 1.29 is 63.3 Å². The lowest BCUT2D eigenvalue weighted by atomic mass is 9.97. The number of halogens is 2. The molecule has 0 aliphatic rings. The van der Waals surface area contributed by atoms with Crippen LogP contribution >= 0.6 is 31.9 Å². The molecule has 133 heavy (non-hydrogen) atoms. The summed E-state index contributed by atoms with van der Waals surface area (Å²) in [7, 11) is 0. The van der Waals surface area contributed by atoms with Crippen LogP contribution in [-0.4, -0.2) is 144 Å². The SMILES string of the molecule is C.C.CCCCCCCC(CCC)COC(=O)CCCCCCCBr.CCCCCCCC(CO)CCC.CCCCCCCCC(CCCCCCCC)OC(=O)CCCCCCCN(CCO)CCCCCCCC(=O)OCC(CCC)CCCCCCC.CCCCCCCCC(CCCCCCCC)OC(=O)CCCCCCCNCCO.O=C(O)CCCCCCCBr. The highest BCUT2D eigenvalue weighted by Crippen LogP contribution is 2.25. The first kappa shape index (κ1) is 144. The number of esters is 4. The van der Waals surface area contributed by atoms with Gasteiger partial charge in [-0.1, -0.05) is 456 Å². The Morgan fingerprint density at radius 3 is 0.782 bits per heavy atom. The summed E-state index contributed by atoms with van der Waals surface area (Å²) in [6.45, 7) is 28.9. The molecule has 0 heterocycles. The highest BCUT2D eigenvalue weighted by molar-refractivity contribution is 9.09. The fourth-order valence-corrected chi connectivity index (χ4v) is 18.1. The quantitative estimate of drug-likeness (QED) is 0.0166. The molecular weight excluding hydrogens is 1790 g/mol. The molecule has 15 nitrogen and oxygen atoms in total. The molecule has 3 atom stereocenters. The van der Waals surface area contributed by atoms with Gasteiger partial charge in [0, 0.05) is 62.5 Å². The summed E-state index contributed by atoms with van der Waals surface area (Å²) < 4.78 is 23.1. The van der Waals surface area contributed by atoms with Crippen LogP contribution in [0.4, 0.5) is 0 Å². The number of hydrogen-bond acceptors (Lipinski definition) is 14. The van der Waals surface area contributed by atoms with Crippen LogP contribution in [0.5, 0.6) is 0 Å². The molecule has 0 aliphatic heterocycles. The van der Waals surface area contributed by atoms with E-state index in [1.54, 1.807) is 0 Å². The van der Waals surface area contributed by atoms with Crippen LogP contribution in [0.15, 0.2) is 0 Å². The van der Waals surface area contributed by atoms with Gasteiger partial charge in [-0.15, -0.1) is 0 Å². The van der Waals surface area contributed by atoms with Crippen LogP contribution in [0, 0.1) is 17.8 Å². The van der Waals surface area contributed by atoms with Crippen molar-refractivity contribution >= 4 is 61.7 Å². The lowest BCUT2D eigenvalue weighted by molar-refractivity contribution is -0.151. The predicted octanol–water partition coefficient (Wildman–Crippen LogP) is 35.9. The van der Waals surface area contributed by atoms with Crippen molar-refractivity contribution in [2.24, 2.45) is 17.8 Å². The Morgan fingerprint density at radius 1 is 0.256 bits per heavy atom. The summed E-state index contributed by atoms with van der Waals surface area (Å²) >= 11 is 6.79. The third-order valence-electron chi connectivity index (χ3n) is 25.8. The number of carbonyl (C=O) groups is 5. The van der Waals surface area contributed by atoms with Gasteiger partial charge in [-0.3, -0.25) is 24.0 Å². The Morgan fingerprint density at radius 2 is 0.504 bits per heavy atom. The molecule has 0 amide bonds. The number of hydrogen-bond donors (Lipinski definition) is 5. The van der Waals surface area contributed by atoms with Gasteiger partial charge in [-0.2, -0.15) is 0 Å². The van der Waals surface area contributed by atoms with Crippen LogP contribution in [-0.2, 0) is 42.9 Å². The van der Waals surface area contributed by atoms with E-state index in [2.05, 4.69) is 111 Å². The monoisotopic (exact) mass is 2020 g/mol. The van der Waals surface area contributed by atoms with E-state index < -0.39 is 5.97 Å². The van der Waals surface area contributed by atoms with E-state index in [9.17, 15) is 29.1 Å². The maximum absolute atomic E-state index is 12.7. The lowest BCUT2D eigenvalue weighted by Gasteiger charge is -2.21. The van der Waals surface area contributed by atoms with Crippen molar-refractivity contribution in [1.29, 1.82) is 0 Å². The van der Waals surface area contributed by atoms with Crippen LogP contribution in [0.25, 0.3) is 0 Å². The van der Waals surface area contributed by atoms with Gasteiger partial charge in [0.1, 0.15) is 12.2 Å². The van der Waals surface area contributed by atoms with Gasteiger partial charge in [-0.25, -0.2) is 0 Å². The van der Waals surface area contributed by atoms with E-state index in [0.717, 1.165) is 172 Å². The second-order valence-electron chi connectivity index (χ2n) is 39.0. The molecule has 5 N–H and O–H groups in total. The molecule has 17 heteroatoms. The molecule has 0 bridgehead atoms. The minimum Gasteiger partial charge on any atom is -0.481 e. The van der Waals surface area contributed by atoms with E-state index in [1.165, 1.54) is 360 Å². The highest BCUT2D eigenvalue weighted by atomic mass is 79.9. The van der Waals surface area contributed by atoms with Crippen LogP contribution in [0.2, 0.25) is 0 Å². The average molecular weight is 2030 g/mol. The number of alkyl halides is 2. The third kappa shape index (κ3) is 126. The number of rotatable bonds is 101. The number of aliphatic hydroxyl groups excluding tert-OH is 3. The number of aliphatic hydroxyl groups is 3. The fourth-order valence-electron chi connectivity index (χ4n) is 17.3. The van der Waals surface area contributed by atoms with E-state index in [0.29, 0.717) is 76.2 Å². The molecule has 0 aromatic rings. The minimum absolute atomic E-state index is 0. The topological polar surface area (TPSA) is 218 Å². The van der Waals surface area contributed by atoms with Gasteiger partial charge >= 0.3 is 29.8 Å². The zero-order valence-electron chi connectivity index (χ0n) is 89.0. The number of carboxylic acid groups (broad SMARTS) is 1. The van der Waals surface area contributed by atoms with E-state index in [4.69, 9.17) is 34.3 Å². The smallest absolute Gasteiger partial charge is 0.306 e. The molecular formula is C116H236Br2N2O13. The molecule has 3 unspecified atom stereocenters. The standard InChI is InChI=1S/C47H93NO5.C27H55NO3.C20H39BrO2.C12H26O.C8H15BrO2.2CH4/c1-5-9-12-15-20-27-35-45(36-28-21-16-13-10-6-2)53-47(51)38-30-23-18-25-32-40-48(41-42-49)39-31-24-17-22-29-37-46(50)52-43-44(33-8-4)34-26-19-14-11-7-3;1-3-5-7-9-12-16-20-26(21-17-13-10-8-6-4-2)31-27(30)22-18-14-11-15-19-23-28-24-25-29;1-3-5-6-8-11-15-19(14-4-2)18-23-20(22)16-12-9-7-10-13-17-21;1-3-5-6-7-8-10-12(11-13)9-4-2;9-7-5-3-1-2-4-6-8(10)11;;/h44-45,49H,5-43H2,1-4H3;26,28-29H,3-25H2,1-2H3;19H,3-18H2,1-2H3;12-13H,3-11H2,1-2H3;1-7H2,(H,10,11);2*1H4. The summed E-state index contributed by atoms with van der Waals surface area (Å²) in [6, 6.07) is 0. The number of carboxylic acids is 1. The molecule has 802 valence electrons. The second kappa shape index (κ2) is 128. The predicted molar refractivity (Wildman–Crippen MR) is 587 cm³/mol. The number of carbonyl (C=O) groups excluding carboxylic acids is 4. The van der Waals surface area contributed by atoms with Crippen molar-refractivity contribution in [3.05, 3.63) is 0 Å². The Bertz CT molecular complexity index is 2160. The Hall–Kier alpha value is -1.89. The van der Waals surface area contributed by atoms with Crippen molar-refractivity contribution in [3.63, 3.8) is 0 Å². The zero-order valence-corrected chi connectivity index (χ0v) is 92.2. The van der Waals surface area contributed by atoms with E-state index >= 15 is 0 Å². The van der Waals surface area contributed by atoms with Crippen molar-refractivity contribution in [3.8, 4) is 0 Å². The molecule has 0 aliphatic carbocycles. The van der Waals surface area contributed by atoms with Crippen LogP contribution < -0.4 is 5.32 Å². The second-order valence-corrected chi connectivity index (χ2v) is 40.6. The average Bonchev–Trinajstić information content (AvgIpc) is 1.00. The number of unbranched alkanes of at least 4 members (excludes halogenated alkanes) is 52. The van der Waals surface area contributed by atoms with Crippen molar-refractivity contribution in [2.45, 2.75) is 623 Å². The molecule has 0 saturated carbocycles. The van der Waals surface area contributed by atoms with Gasteiger partial charge in [0.15, 0.2) is 0 Å². The van der Waals surface area contributed by atoms with Gasteiger partial charge in [0.25, 0.3) is 0 Å².